The fourth-order valence-corrected chi connectivity index (χ4v) is 7.56. The van der Waals surface area contributed by atoms with E-state index in [2.05, 4.69) is 5.32 Å². The molecule has 14 nitrogen and oxygen atoms in total. The highest BCUT2D eigenvalue weighted by atomic mass is 16.6. The van der Waals surface area contributed by atoms with Gasteiger partial charge >= 0.3 is 29.8 Å². The van der Waals surface area contributed by atoms with E-state index < -0.39 is 54.7 Å². The second-order valence-electron chi connectivity index (χ2n) is 18.1. The van der Waals surface area contributed by atoms with E-state index in [9.17, 15) is 28.8 Å². The van der Waals surface area contributed by atoms with Crippen molar-refractivity contribution in [3.63, 3.8) is 0 Å². The van der Waals surface area contributed by atoms with Crippen LogP contribution >= 0.6 is 0 Å². The first-order valence-electron chi connectivity index (χ1n) is 24.1. The van der Waals surface area contributed by atoms with E-state index in [4.69, 9.17) is 23.7 Å². The maximum atomic E-state index is 14.3. The number of amides is 1. The first kappa shape index (κ1) is 54.8. The van der Waals surface area contributed by atoms with Crippen LogP contribution in [-0.4, -0.2) is 96.5 Å². The average Bonchev–Trinajstić information content (AvgIpc) is 3.36. The van der Waals surface area contributed by atoms with Gasteiger partial charge in [-0.05, 0) is 67.9 Å². The van der Waals surface area contributed by atoms with Crippen LogP contribution in [0.5, 0.6) is 0 Å². The van der Waals surface area contributed by atoms with Crippen molar-refractivity contribution in [3.8, 4) is 0 Å². The zero-order valence-electron chi connectivity index (χ0n) is 41.1. The summed E-state index contributed by atoms with van der Waals surface area (Å²) in [4.78, 5) is 84.3. The molecule has 0 aliphatic heterocycles. The molecule has 1 amide bonds. The minimum Gasteiger partial charge on any atom is -0.460 e. The lowest BCUT2D eigenvalue weighted by Gasteiger charge is -2.34. The summed E-state index contributed by atoms with van der Waals surface area (Å²) < 4.78 is 28.7. The van der Waals surface area contributed by atoms with E-state index in [1.165, 1.54) is 4.90 Å². The van der Waals surface area contributed by atoms with Gasteiger partial charge in [0, 0.05) is 32.0 Å². The van der Waals surface area contributed by atoms with E-state index in [-0.39, 0.29) is 70.6 Å². The third kappa shape index (κ3) is 22.0. The number of hydrogen-bond donors (Lipinski definition) is 1. The van der Waals surface area contributed by atoms with Crippen LogP contribution in [0.3, 0.4) is 0 Å². The van der Waals surface area contributed by atoms with E-state index in [0.29, 0.717) is 25.8 Å². The topological polar surface area (TPSA) is 167 Å². The molecule has 0 spiro atoms. The first-order chi connectivity index (χ1) is 34.3. The second-order valence-corrected chi connectivity index (χ2v) is 18.1. The summed E-state index contributed by atoms with van der Waals surface area (Å²) in [7, 11) is 0. The highest BCUT2D eigenvalue weighted by Crippen LogP contribution is 2.26. The molecular formula is C57H67N3O11. The minimum atomic E-state index is -0.817. The Hall–Kier alpha value is -7.16. The molecule has 1 N–H and O–H groups in total. The predicted molar refractivity (Wildman–Crippen MR) is 268 cm³/mol. The van der Waals surface area contributed by atoms with Gasteiger partial charge in [0.1, 0.15) is 25.4 Å². The smallest absolute Gasteiger partial charge is 0.321 e. The number of esters is 5. The van der Waals surface area contributed by atoms with Gasteiger partial charge in [-0.1, -0.05) is 158 Å². The van der Waals surface area contributed by atoms with E-state index >= 15 is 0 Å². The number of nitrogens with zero attached hydrogens (tertiary/aromatic N) is 2. The van der Waals surface area contributed by atoms with E-state index in [0.717, 1.165) is 27.8 Å². The lowest BCUT2D eigenvalue weighted by Crippen LogP contribution is -2.51. The molecule has 5 rings (SSSR count). The molecule has 0 aliphatic carbocycles. The highest BCUT2D eigenvalue weighted by Gasteiger charge is 2.31. The summed E-state index contributed by atoms with van der Waals surface area (Å²) >= 11 is 0. The molecule has 1 atom stereocenters. The predicted octanol–water partition coefficient (Wildman–Crippen LogP) is 8.32. The standard InChI is InChI=1S/C57H67N3O11/c1-57(2,3)71-51(62)32-20-9-21-35-58-50(61)34-33-49(36-59(37-52(63)67-41-44-22-10-4-11-23-44)38-53(64)68-42-45-24-12-5-13-25-45)60(39-54(65)69-43-46-26-14-6-15-27-46)40-55(66)70-56(47-28-16-7-17-29-47)48-30-18-8-19-31-48/h4-8,10-19,22-31,49,56H,9,20-21,32-43H2,1-3H3,(H,58,61). The molecule has 0 heterocycles. The van der Waals surface area contributed by atoms with Crippen molar-refractivity contribution < 1.29 is 52.5 Å². The van der Waals surface area contributed by atoms with Crippen LogP contribution in [0.2, 0.25) is 0 Å². The molecule has 0 aliphatic rings. The largest absolute Gasteiger partial charge is 0.460 e. The SMILES string of the molecule is CC(C)(C)OC(=O)CCCCCNC(=O)CCC(CN(CC(=O)OCc1ccccc1)CC(=O)OCc1ccccc1)N(CC(=O)OCc1ccccc1)CC(=O)OC(c1ccccc1)c1ccccc1. The number of carbonyl (C=O) groups is 6. The van der Waals surface area contributed by atoms with Crippen molar-refractivity contribution in [3.05, 3.63) is 179 Å². The van der Waals surface area contributed by atoms with E-state index in [1.54, 1.807) is 4.90 Å². The molecule has 0 saturated carbocycles. The Morgan fingerprint density at radius 1 is 0.493 bits per heavy atom. The fraction of sp³-hybridized carbons (Fsp3) is 0.368. The van der Waals surface area contributed by atoms with E-state index in [1.807, 2.05) is 172 Å². The molecule has 71 heavy (non-hydrogen) atoms. The average molecular weight is 970 g/mol. The van der Waals surface area contributed by atoms with Gasteiger partial charge in [-0.25, -0.2) is 0 Å². The molecule has 1 unspecified atom stereocenters. The van der Waals surface area contributed by atoms with Crippen molar-refractivity contribution in [2.75, 3.05) is 39.3 Å². The van der Waals surface area contributed by atoms with Gasteiger partial charge < -0.3 is 29.0 Å². The maximum absolute atomic E-state index is 14.3. The molecule has 5 aromatic carbocycles. The monoisotopic (exact) mass is 969 g/mol. The van der Waals surface area contributed by atoms with Crippen LogP contribution in [0.4, 0.5) is 0 Å². The third-order valence-corrected chi connectivity index (χ3v) is 11.0. The Labute approximate surface area is 417 Å². The quantitative estimate of drug-likeness (QED) is 0.0276. The fourth-order valence-electron chi connectivity index (χ4n) is 7.56. The third-order valence-electron chi connectivity index (χ3n) is 11.0. The van der Waals surface area contributed by atoms with Crippen LogP contribution in [0.1, 0.15) is 93.2 Å². The Morgan fingerprint density at radius 3 is 1.37 bits per heavy atom. The van der Waals surface area contributed by atoms with Crippen LogP contribution in [0.25, 0.3) is 0 Å². The van der Waals surface area contributed by atoms with Gasteiger partial charge in [0.15, 0.2) is 6.10 Å². The number of benzene rings is 5. The Morgan fingerprint density at radius 2 is 0.915 bits per heavy atom. The molecule has 14 heteroatoms. The lowest BCUT2D eigenvalue weighted by atomic mass is 10.0. The summed E-state index contributed by atoms with van der Waals surface area (Å²) in [6.07, 6.45) is 1.43. The molecule has 0 saturated heterocycles. The summed E-state index contributed by atoms with van der Waals surface area (Å²) in [6, 6.07) is 45.2. The number of ether oxygens (including phenoxy) is 5. The van der Waals surface area contributed by atoms with Crippen LogP contribution in [0, 0.1) is 0 Å². The highest BCUT2D eigenvalue weighted by molar-refractivity contribution is 5.77. The summed E-state index contributed by atoms with van der Waals surface area (Å²) in [5.74, 6) is -3.15. The molecule has 0 aromatic heterocycles. The zero-order chi connectivity index (χ0) is 50.7. The van der Waals surface area contributed by atoms with Crippen LogP contribution < -0.4 is 5.32 Å². The van der Waals surface area contributed by atoms with Gasteiger partial charge in [-0.3, -0.25) is 38.6 Å². The summed E-state index contributed by atoms with van der Waals surface area (Å²) in [6.45, 7) is 4.13. The van der Waals surface area contributed by atoms with Crippen LogP contribution in [-0.2, 0) is 72.3 Å². The lowest BCUT2D eigenvalue weighted by molar-refractivity contribution is -0.156. The summed E-state index contributed by atoms with van der Waals surface area (Å²) in [5.41, 5.74) is 3.19. The minimum absolute atomic E-state index is 0.00815. The number of hydrogen-bond acceptors (Lipinski definition) is 13. The number of carbonyl (C=O) groups excluding carboxylic acids is 6. The van der Waals surface area contributed by atoms with Crippen LogP contribution in [0.15, 0.2) is 152 Å². The zero-order valence-corrected chi connectivity index (χ0v) is 41.1. The summed E-state index contributed by atoms with van der Waals surface area (Å²) in [5, 5.41) is 2.95. The molecule has 0 bridgehead atoms. The maximum Gasteiger partial charge on any atom is 0.321 e. The number of nitrogens with one attached hydrogen (secondary N) is 1. The van der Waals surface area contributed by atoms with Crippen molar-refractivity contribution in [1.82, 2.24) is 15.1 Å². The van der Waals surface area contributed by atoms with Gasteiger partial charge in [-0.2, -0.15) is 0 Å². The Bertz CT molecular complexity index is 2280. The van der Waals surface area contributed by atoms with Crippen molar-refractivity contribution in [1.29, 1.82) is 0 Å². The van der Waals surface area contributed by atoms with Gasteiger partial charge in [-0.15, -0.1) is 0 Å². The van der Waals surface area contributed by atoms with Gasteiger partial charge in [0.2, 0.25) is 5.91 Å². The Balaban J connectivity index is 1.40. The normalized spacial score (nSPS) is 11.7. The van der Waals surface area contributed by atoms with Gasteiger partial charge in [0.25, 0.3) is 0 Å². The van der Waals surface area contributed by atoms with Crippen molar-refractivity contribution in [2.24, 2.45) is 0 Å². The van der Waals surface area contributed by atoms with Gasteiger partial charge in [0.05, 0.1) is 26.2 Å². The number of rotatable bonds is 29. The molecular weight excluding hydrogens is 903 g/mol. The second kappa shape index (κ2) is 29.8. The number of unbranched alkanes of at least 4 members (excludes halogenated alkanes) is 2. The molecule has 0 fully saturated rings. The first-order valence-corrected chi connectivity index (χ1v) is 24.1. The Kier molecular flexibility index (Phi) is 23.0. The molecule has 5 aromatic rings. The molecule has 0 radical (unpaired) electrons. The molecule has 376 valence electrons. The van der Waals surface area contributed by atoms with Crippen molar-refractivity contribution >= 4 is 35.8 Å². The van der Waals surface area contributed by atoms with Crippen molar-refractivity contribution in [2.45, 2.75) is 96.9 Å².